The summed E-state index contributed by atoms with van der Waals surface area (Å²) >= 11 is 0. The third-order valence-electron chi connectivity index (χ3n) is 2.00. The standard InChI is InChI=1S/C10H17NO2/c1-4-6-7-10(3,8-11)9(12)13-5-2/h4-7H2,1-3H3. The largest absolute Gasteiger partial charge is 0.465 e. The molecule has 0 spiro atoms. The second-order valence-corrected chi connectivity index (χ2v) is 3.27. The highest BCUT2D eigenvalue weighted by atomic mass is 16.5. The number of esters is 1. The van der Waals surface area contributed by atoms with E-state index in [1.165, 1.54) is 0 Å². The summed E-state index contributed by atoms with van der Waals surface area (Å²) < 4.78 is 4.83. The molecule has 0 aliphatic carbocycles. The van der Waals surface area contributed by atoms with Gasteiger partial charge in [-0.25, -0.2) is 0 Å². The molecule has 0 fully saturated rings. The SMILES string of the molecule is CCCCC(C)(C#N)C(=O)OCC. The van der Waals surface area contributed by atoms with Crippen LogP contribution in [-0.4, -0.2) is 12.6 Å². The minimum atomic E-state index is -0.952. The van der Waals surface area contributed by atoms with Crippen LogP contribution < -0.4 is 0 Å². The molecule has 3 nitrogen and oxygen atoms in total. The van der Waals surface area contributed by atoms with Crippen molar-refractivity contribution in [1.82, 2.24) is 0 Å². The molecule has 0 rings (SSSR count). The zero-order chi connectivity index (χ0) is 10.3. The normalized spacial score (nSPS) is 14.3. The van der Waals surface area contributed by atoms with E-state index in [4.69, 9.17) is 10.00 Å². The predicted octanol–water partition coefficient (Wildman–Crippen LogP) is 2.27. The summed E-state index contributed by atoms with van der Waals surface area (Å²) in [6.07, 6.45) is 2.44. The number of nitriles is 1. The molecule has 0 aromatic heterocycles. The number of rotatable bonds is 5. The molecule has 0 aromatic carbocycles. The van der Waals surface area contributed by atoms with Crippen LogP contribution in [0.25, 0.3) is 0 Å². The Morgan fingerprint density at radius 2 is 2.15 bits per heavy atom. The molecule has 0 N–H and O–H groups in total. The van der Waals surface area contributed by atoms with Crippen LogP contribution in [0.2, 0.25) is 0 Å². The number of carbonyl (C=O) groups is 1. The van der Waals surface area contributed by atoms with Crippen LogP contribution >= 0.6 is 0 Å². The molecule has 0 amide bonds. The summed E-state index contributed by atoms with van der Waals surface area (Å²) in [6, 6.07) is 2.02. The second-order valence-electron chi connectivity index (χ2n) is 3.27. The molecular formula is C10H17NO2. The minimum Gasteiger partial charge on any atom is -0.465 e. The van der Waals surface area contributed by atoms with Gasteiger partial charge in [0.15, 0.2) is 5.41 Å². The monoisotopic (exact) mass is 183 g/mol. The van der Waals surface area contributed by atoms with Gasteiger partial charge in [-0.3, -0.25) is 4.79 Å². The topological polar surface area (TPSA) is 50.1 Å². The van der Waals surface area contributed by atoms with Crippen molar-refractivity contribution >= 4 is 5.97 Å². The fourth-order valence-electron chi connectivity index (χ4n) is 1.02. The Kier molecular flexibility index (Phi) is 5.13. The smallest absolute Gasteiger partial charge is 0.326 e. The number of carbonyl (C=O) groups excluding carboxylic acids is 1. The van der Waals surface area contributed by atoms with E-state index in [2.05, 4.69) is 0 Å². The number of nitrogens with zero attached hydrogens (tertiary/aromatic N) is 1. The lowest BCUT2D eigenvalue weighted by Crippen LogP contribution is -2.28. The molecule has 0 radical (unpaired) electrons. The Labute approximate surface area is 79.7 Å². The molecule has 0 aromatic rings. The summed E-state index contributed by atoms with van der Waals surface area (Å²) in [4.78, 5) is 11.4. The zero-order valence-electron chi connectivity index (χ0n) is 8.59. The highest BCUT2D eigenvalue weighted by molar-refractivity contribution is 5.79. The zero-order valence-corrected chi connectivity index (χ0v) is 8.59. The van der Waals surface area contributed by atoms with E-state index >= 15 is 0 Å². The van der Waals surface area contributed by atoms with E-state index in [9.17, 15) is 4.79 Å². The van der Waals surface area contributed by atoms with Gasteiger partial charge in [0.2, 0.25) is 0 Å². The summed E-state index contributed by atoms with van der Waals surface area (Å²) in [5.41, 5.74) is -0.952. The van der Waals surface area contributed by atoms with E-state index in [0.29, 0.717) is 13.0 Å². The van der Waals surface area contributed by atoms with E-state index in [1.54, 1.807) is 13.8 Å². The molecule has 13 heavy (non-hydrogen) atoms. The molecule has 0 saturated heterocycles. The van der Waals surface area contributed by atoms with Crippen LogP contribution in [0.3, 0.4) is 0 Å². The molecule has 3 heteroatoms. The van der Waals surface area contributed by atoms with Gasteiger partial charge in [-0.05, 0) is 20.3 Å². The molecule has 0 bridgehead atoms. The number of hydrogen-bond acceptors (Lipinski definition) is 3. The summed E-state index contributed by atoms with van der Waals surface area (Å²) in [5.74, 6) is -0.397. The molecule has 1 unspecified atom stereocenters. The fourth-order valence-corrected chi connectivity index (χ4v) is 1.02. The molecule has 0 heterocycles. The van der Waals surface area contributed by atoms with Gasteiger partial charge in [0.25, 0.3) is 0 Å². The summed E-state index contributed by atoms with van der Waals surface area (Å²) in [5, 5.41) is 8.86. The van der Waals surface area contributed by atoms with Gasteiger partial charge < -0.3 is 4.74 Å². The average Bonchev–Trinajstić information content (AvgIpc) is 2.14. The summed E-state index contributed by atoms with van der Waals surface area (Å²) in [7, 11) is 0. The molecular weight excluding hydrogens is 166 g/mol. The molecule has 0 saturated carbocycles. The van der Waals surface area contributed by atoms with Gasteiger partial charge in [0, 0.05) is 0 Å². The Hall–Kier alpha value is -1.04. The van der Waals surface area contributed by atoms with Crippen molar-refractivity contribution in [2.75, 3.05) is 6.61 Å². The highest BCUT2D eigenvalue weighted by Gasteiger charge is 2.33. The molecule has 1 atom stereocenters. The van der Waals surface area contributed by atoms with E-state index in [-0.39, 0.29) is 0 Å². The molecule has 0 aliphatic rings. The lowest BCUT2D eigenvalue weighted by atomic mass is 9.87. The Morgan fingerprint density at radius 3 is 2.54 bits per heavy atom. The summed E-state index contributed by atoms with van der Waals surface area (Å²) in [6.45, 7) is 5.75. The quantitative estimate of drug-likeness (QED) is 0.614. The first-order chi connectivity index (χ1) is 6.10. The Bertz CT molecular complexity index is 207. The predicted molar refractivity (Wildman–Crippen MR) is 49.9 cm³/mol. The van der Waals surface area contributed by atoms with Crippen LogP contribution in [-0.2, 0) is 9.53 Å². The molecule has 0 aliphatic heterocycles. The van der Waals surface area contributed by atoms with Crippen molar-refractivity contribution in [2.45, 2.75) is 40.0 Å². The van der Waals surface area contributed by atoms with E-state index < -0.39 is 11.4 Å². The Balaban J connectivity index is 4.27. The van der Waals surface area contributed by atoms with Crippen molar-refractivity contribution < 1.29 is 9.53 Å². The second kappa shape index (κ2) is 5.58. The first kappa shape index (κ1) is 12.0. The highest BCUT2D eigenvalue weighted by Crippen LogP contribution is 2.24. The van der Waals surface area contributed by atoms with Gasteiger partial charge in [0.1, 0.15) is 0 Å². The van der Waals surface area contributed by atoms with Crippen molar-refractivity contribution in [2.24, 2.45) is 5.41 Å². The Morgan fingerprint density at radius 1 is 1.54 bits per heavy atom. The van der Waals surface area contributed by atoms with Crippen molar-refractivity contribution in [1.29, 1.82) is 5.26 Å². The van der Waals surface area contributed by atoms with Gasteiger partial charge in [-0.2, -0.15) is 5.26 Å². The van der Waals surface area contributed by atoms with E-state index in [1.807, 2.05) is 13.0 Å². The first-order valence-electron chi connectivity index (χ1n) is 4.69. The van der Waals surface area contributed by atoms with Crippen LogP contribution in [0.4, 0.5) is 0 Å². The number of hydrogen-bond donors (Lipinski definition) is 0. The van der Waals surface area contributed by atoms with Crippen LogP contribution in [0.1, 0.15) is 40.0 Å². The fraction of sp³-hybridized carbons (Fsp3) is 0.800. The lowest BCUT2D eigenvalue weighted by Gasteiger charge is -2.18. The lowest BCUT2D eigenvalue weighted by molar-refractivity contribution is -0.151. The van der Waals surface area contributed by atoms with Crippen molar-refractivity contribution in [3.63, 3.8) is 0 Å². The number of ether oxygens (including phenoxy) is 1. The van der Waals surface area contributed by atoms with Crippen LogP contribution in [0, 0.1) is 16.7 Å². The maximum atomic E-state index is 11.4. The molecule has 74 valence electrons. The van der Waals surface area contributed by atoms with Crippen LogP contribution in [0.5, 0.6) is 0 Å². The minimum absolute atomic E-state index is 0.336. The third kappa shape index (κ3) is 3.45. The first-order valence-corrected chi connectivity index (χ1v) is 4.69. The maximum absolute atomic E-state index is 11.4. The van der Waals surface area contributed by atoms with Gasteiger partial charge in [-0.1, -0.05) is 19.8 Å². The number of unbranched alkanes of at least 4 members (excludes halogenated alkanes) is 1. The average molecular weight is 183 g/mol. The van der Waals surface area contributed by atoms with Crippen molar-refractivity contribution in [3.05, 3.63) is 0 Å². The van der Waals surface area contributed by atoms with Gasteiger partial charge in [-0.15, -0.1) is 0 Å². The third-order valence-corrected chi connectivity index (χ3v) is 2.00. The van der Waals surface area contributed by atoms with Crippen molar-refractivity contribution in [3.8, 4) is 6.07 Å². The van der Waals surface area contributed by atoms with Gasteiger partial charge >= 0.3 is 5.97 Å². The maximum Gasteiger partial charge on any atom is 0.326 e. The van der Waals surface area contributed by atoms with Crippen LogP contribution in [0.15, 0.2) is 0 Å². The van der Waals surface area contributed by atoms with Gasteiger partial charge in [0.05, 0.1) is 12.7 Å². The van der Waals surface area contributed by atoms with E-state index in [0.717, 1.165) is 12.8 Å².